The lowest BCUT2D eigenvalue weighted by Crippen LogP contribution is -2.45. The number of benzene rings is 1. The lowest BCUT2D eigenvalue weighted by atomic mass is 9.91. The Bertz CT molecular complexity index is 732. The van der Waals surface area contributed by atoms with E-state index >= 15 is 0 Å². The molecule has 0 aromatic heterocycles. The molecule has 1 aliphatic heterocycles. The molecule has 0 spiro atoms. The van der Waals surface area contributed by atoms with E-state index in [2.05, 4.69) is 32.6 Å². The van der Waals surface area contributed by atoms with Gasteiger partial charge in [-0.05, 0) is 50.8 Å². The molecule has 156 valence electrons. The average molecular weight is 390 g/mol. The van der Waals surface area contributed by atoms with Crippen LogP contribution >= 0.6 is 0 Å². The molecule has 1 aliphatic rings. The zero-order chi connectivity index (χ0) is 21.3. The summed E-state index contributed by atoms with van der Waals surface area (Å²) in [6.45, 7) is 16.8. The standard InChI is InChI=1S/C22H35N3O3/c1-8-23-11-12-24(19(26)14-21(2,3)4)15-16-9-10-17(13-18(16)23)25(20(27)28)22(5,6)7/h9-10,13H,8,11-12,14-15H2,1-7H3,(H,27,28). The molecule has 0 radical (unpaired) electrons. The van der Waals surface area contributed by atoms with Gasteiger partial charge in [0.05, 0.1) is 0 Å². The van der Waals surface area contributed by atoms with E-state index in [0.29, 0.717) is 25.2 Å². The predicted octanol–water partition coefficient (Wildman–Crippen LogP) is 4.57. The molecule has 1 heterocycles. The number of hydrogen-bond acceptors (Lipinski definition) is 3. The van der Waals surface area contributed by atoms with Gasteiger partial charge in [0, 0.05) is 49.5 Å². The fourth-order valence-electron chi connectivity index (χ4n) is 3.66. The number of nitrogens with zero attached hydrogens (tertiary/aromatic N) is 3. The van der Waals surface area contributed by atoms with Crippen molar-refractivity contribution in [2.45, 2.75) is 67.0 Å². The van der Waals surface area contributed by atoms with E-state index in [4.69, 9.17) is 0 Å². The van der Waals surface area contributed by atoms with Crippen LogP contribution in [-0.4, -0.2) is 47.2 Å². The second kappa shape index (κ2) is 8.02. The molecule has 1 N–H and O–H groups in total. The fraction of sp³-hybridized carbons (Fsp3) is 0.636. The third-order valence-electron chi connectivity index (χ3n) is 4.95. The van der Waals surface area contributed by atoms with Crippen LogP contribution in [0.3, 0.4) is 0 Å². The van der Waals surface area contributed by atoms with Crippen LogP contribution in [0, 0.1) is 5.41 Å². The summed E-state index contributed by atoms with van der Waals surface area (Å²) in [7, 11) is 0. The molecule has 0 fully saturated rings. The number of amides is 2. The topological polar surface area (TPSA) is 64.1 Å². The lowest BCUT2D eigenvalue weighted by Gasteiger charge is -2.34. The van der Waals surface area contributed by atoms with Gasteiger partial charge >= 0.3 is 6.09 Å². The maximum Gasteiger partial charge on any atom is 0.412 e. The van der Waals surface area contributed by atoms with Crippen molar-refractivity contribution >= 4 is 23.4 Å². The van der Waals surface area contributed by atoms with Gasteiger partial charge in [-0.15, -0.1) is 0 Å². The van der Waals surface area contributed by atoms with E-state index < -0.39 is 11.6 Å². The zero-order valence-electron chi connectivity index (χ0n) is 18.4. The van der Waals surface area contributed by atoms with E-state index in [1.807, 2.05) is 43.9 Å². The molecule has 0 saturated carbocycles. The van der Waals surface area contributed by atoms with Gasteiger partial charge in [-0.2, -0.15) is 0 Å². The van der Waals surface area contributed by atoms with E-state index in [0.717, 1.165) is 24.3 Å². The Hall–Kier alpha value is -2.24. The summed E-state index contributed by atoms with van der Waals surface area (Å²) in [5.41, 5.74) is 2.14. The minimum absolute atomic E-state index is 0.0464. The Balaban J connectivity index is 2.40. The predicted molar refractivity (Wildman–Crippen MR) is 114 cm³/mol. The molecule has 6 heteroatoms. The normalized spacial score (nSPS) is 15.1. The second-order valence-corrected chi connectivity index (χ2v) is 9.73. The molecule has 0 unspecified atom stereocenters. The quantitative estimate of drug-likeness (QED) is 0.822. The number of carboxylic acid groups (broad SMARTS) is 1. The number of rotatable bonds is 3. The Morgan fingerprint density at radius 2 is 1.75 bits per heavy atom. The van der Waals surface area contributed by atoms with E-state index in [-0.39, 0.29) is 11.3 Å². The minimum atomic E-state index is -0.967. The largest absolute Gasteiger partial charge is 0.465 e. The first kappa shape index (κ1) is 22.1. The highest BCUT2D eigenvalue weighted by Gasteiger charge is 2.30. The molecule has 28 heavy (non-hydrogen) atoms. The summed E-state index contributed by atoms with van der Waals surface area (Å²) >= 11 is 0. The van der Waals surface area contributed by atoms with Crippen molar-refractivity contribution in [2.75, 3.05) is 29.4 Å². The van der Waals surface area contributed by atoms with Crippen molar-refractivity contribution in [1.82, 2.24) is 4.90 Å². The van der Waals surface area contributed by atoms with Gasteiger partial charge in [-0.1, -0.05) is 26.8 Å². The van der Waals surface area contributed by atoms with Crippen LogP contribution < -0.4 is 9.80 Å². The zero-order valence-corrected chi connectivity index (χ0v) is 18.4. The van der Waals surface area contributed by atoms with Crippen molar-refractivity contribution < 1.29 is 14.7 Å². The van der Waals surface area contributed by atoms with Crippen LogP contribution in [0.2, 0.25) is 0 Å². The van der Waals surface area contributed by atoms with Crippen molar-refractivity contribution in [3.8, 4) is 0 Å². The Morgan fingerprint density at radius 1 is 1.11 bits per heavy atom. The van der Waals surface area contributed by atoms with Crippen LogP contribution in [0.15, 0.2) is 18.2 Å². The number of carbonyl (C=O) groups is 2. The monoisotopic (exact) mass is 389 g/mol. The van der Waals surface area contributed by atoms with Crippen molar-refractivity contribution in [3.63, 3.8) is 0 Å². The maximum atomic E-state index is 12.8. The summed E-state index contributed by atoms with van der Waals surface area (Å²) in [6, 6.07) is 5.78. The fourth-order valence-corrected chi connectivity index (χ4v) is 3.66. The highest BCUT2D eigenvalue weighted by molar-refractivity contribution is 5.89. The summed E-state index contributed by atoms with van der Waals surface area (Å²) < 4.78 is 0. The SMILES string of the molecule is CCN1CCN(C(=O)CC(C)(C)C)Cc2ccc(N(C(=O)O)C(C)(C)C)cc21. The molecule has 0 atom stereocenters. The average Bonchev–Trinajstić information content (AvgIpc) is 2.70. The third kappa shape index (κ3) is 5.18. The van der Waals surface area contributed by atoms with Crippen LogP contribution in [0.1, 0.15) is 60.5 Å². The molecular weight excluding hydrogens is 354 g/mol. The highest BCUT2D eigenvalue weighted by Crippen LogP contribution is 2.33. The number of fused-ring (bicyclic) bond motifs is 1. The summed E-state index contributed by atoms with van der Waals surface area (Å²) in [6.07, 6.45) is -0.449. The van der Waals surface area contributed by atoms with Crippen LogP contribution in [0.25, 0.3) is 0 Å². The van der Waals surface area contributed by atoms with E-state index in [1.165, 1.54) is 4.90 Å². The second-order valence-electron chi connectivity index (χ2n) is 9.73. The number of hydrogen-bond donors (Lipinski definition) is 1. The summed E-state index contributed by atoms with van der Waals surface area (Å²) in [5, 5.41) is 9.73. The Morgan fingerprint density at radius 3 is 2.25 bits per heavy atom. The van der Waals surface area contributed by atoms with E-state index in [9.17, 15) is 14.7 Å². The highest BCUT2D eigenvalue weighted by atomic mass is 16.4. The molecule has 1 aromatic carbocycles. The molecule has 0 bridgehead atoms. The summed E-state index contributed by atoms with van der Waals surface area (Å²) in [4.78, 5) is 30.2. The van der Waals surface area contributed by atoms with Crippen molar-refractivity contribution in [1.29, 1.82) is 0 Å². The molecule has 1 aromatic rings. The van der Waals surface area contributed by atoms with Crippen molar-refractivity contribution in [3.05, 3.63) is 23.8 Å². The van der Waals surface area contributed by atoms with Gasteiger partial charge in [0.15, 0.2) is 0 Å². The number of anilines is 2. The van der Waals surface area contributed by atoms with Gasteiger partial charge in [-0.25, -0.2) is 4.79 Å². The molecular formula is C22H35N3O3. The van der Waals surface area contributed by atoms with Gasteiger partial charge in [-0.3, -0.25) is 9.69 Å². The maximum absolute atomic E-state index is 12.8. The van der Waals surface area contributed by atoms with Crippen molar-refractivity contribution in [2.24, 2.45) is 5.41 Å². The molecule has 0 aliphatic carbocycles. The summed E-state index contributed by atoms with van der Waals surface area (Å²) in [5.74, 6) is 0.169. The van der Waals surface area contributed by atoms with Gasteiger partial charge in [0.1, 0.15) is 0 Å². The molecule has 0 saturated heterocycles. The molecule has 2 rings (SSSR count). The number of carbonyl (C=O) groups excluding carboxylic acids is 1. The van der Waals surface area contributed by atoms with E-state index in [1.54, 1.807) is 0 Å². The molecule has 2 amide bonds. The van der Waals surface area contributed by atoms with Gasteiger partial charge in [0.2, 0.25) is 5.91 Å². The van der Waals surface area contributed by atoms with Gasteiger partial charge < -0.3 is 14.9 Å². The van der Waals surface area contributed by atoms with Gasteiger partial charge in [0.25, 0.3) is 0 Å². The van der Waals surface area contributed by atoms with Crippen LogP contribution in [-0.2, 0) is 11.3 Å². The Kier molecular flexibility index (Phi) is 6.31. The van der Waals surface area contributed by atoms with Crippen LogP contribution in [0.5, 0.6) is 0 Å². The van der Waals surface area contributed by atoms with Crippen LogP contribution in [0.4, 0.5) is 16.2 Å². The Labute approximate surface area is 169 Å². The first-order valence-corrected chi connectivity index (χ1v) is 10.0. The molecule has 6 nitrogen and oxygen atoms in total. The lowest BCUT2D eigenvalue weighted by molar-refractivity contribution is -0.133. The smallest absolute Gasteiger partial charge is 0.412 e. The third-order valence-corrected chi connectivity index (χ3v) is 4.95. The number of likely N-dealkylation sites (N-methyl/N-ethyl adjacent to an activating group) is 1. The minimum Gasteiger partial charge on any atom is -0.465 e. The first-order chi connectivity index (χ1) is 12.8. The first-order valence-electron chi connectivity index (χ1n) is 10.0.